The minimum atomic E-state index is -0.487. The first kappa shape index (κ1) is 28.4. The molecule has 1 aliphatic carbocycles. The average Bonchev–Trinajstić information content (AvgIpc) is 3.47. The van der Waals surface area contributed by atoms with Crippen LogP contribution in [-0.4, -0.2) is 61.6 Å². The molecule has 3 fully saturated rings. The third-order valence-electron chi connectivity index (χ3n) is 8.17. The highest BCUT2D eigenvalue weighted by Crippen LogP contribution is 2.39. The lowest BCUT2D eigenvalue weighted by molar-refractivity contribution is -0.116. The number of halogens is 1. The molecule has 2 aliphatic heterocycles. The molecule has 0 aromatic heterocycles. The van der Waals surface area contributed by atoms with E-state index in [1.165, 1.54) is 37.0 Å². The number of anilines is 1. The fourth-order valence-corrected chi connectivity index (χ4v) is 6.04. The van der Waals surface area contributed by atoms with E-state index in [9.17, 15) is 14.0 Å². The minimum Gasteiger partial charge on any atom is -0.490 e. The summed E-state index contributed by atoms with van der Waals surface area (Å²) < 4.78 is 26.6. The highest BCUT2D eigenvalue weighted by atomic mass is 19.1. The lowest BCUT2D eigenvalue weighted by atomic mass is 9.83. The van der Waals surface area contributed by atoms with E-state index in [0.717, 1.165) is 38.1 Å². The number of hydrogen-bond acceptors (Lipinski definition) is 6. The number of rotatable bonds is 9. The summed E-state index contributed by atoms with van der Waals surface area (Å²) >= 11 is 0. The Morgan fingerprint density at radius 2 is 1.77 bits per heavy atom. The molecule has 0 radical (unpaired) electrons. The summed E-state index contributed by atoms with van der Waals surface area (Å²) in [6.45, 7) is 3.18. The highest BCUT2D eigenvalue weighted by molar-refractivity contribution is 5.94. The van der Waals surface area contributed by atoms with Crippen molar-refractivity contribution in [2.45, 2.75) is 75.9 Å². The van der Waals surface area contributed by atoms with Crippen molar-refractivity contribution in [1.29, 1.82) is 0 Å². The van der Waals surface area contributed by atoms with Gasteiger partial charge in [0.05, 0.1) is 0 Å². The molecule has 5 rings (SSSR count). The zero-order valence-electron chi connectivity index (χ0n) is 23.1. The number of carbonyl (C=O) groups excluding carboxylic acids is 2. The summed E-state index contributed by atoms with van der Waals surface area (Å²) in [5.74, 6) is 0.989. The van der Waals surface area contributed by atoms with Crippen molar-refractivity contribution in [3.05, 3.63) is 53.3 Å². The van der Waals surface area contributed by atoms with Crippen LogP contribution in [0, 0.1) is 5.82 Å². The standard InChI is InChI=1S/C31H41FN4O4/c32-23-17-24(35-30(37)8-12-33)19-27(18-23)39-25-10-14-36(15-11-25)31(38)22-6-7-29(40-26-9-13-34-20-26)28(16-22)21-4-2-1-3-5-21/h6-7,16-19,21,25-26,34H,1-5,8-15,20,33H2,(H,35,37)/t26-/m0/s1. The van der Waals surface area contributed by atoms with Gasteiger partial charge < -0.3 is 30.7 Å². The number of hydrogen-bond donors (Lipinski definition) is 3. The van der Waals surface area contributed by atoms with Crippen molar-refractivity contribution in [2.24, 2.45) is 5.73 Å². The Balaban J connectivity index is 1.21. The second-order valence-corrected chi connectivity index (χ2v) is 11.2. The van der Waals surface area contributed by atoms with Gasteiger partial charge in [-0.15, -0.1) is 0 Å². The summed E-state index contributed by atoms with van der Waals surface area (Å²) in [5.41, 5.74) is 7.64. The van der Waals surface area contributed by atoms with E-state index < -0.39 is 5.82 Å². The van der Waals surface area contributed by atoms with E-state index in [1.54, 1.807) is 6.07 Å². The molecule has 2 heterocycles. The Kier molecular flexibility index (Phi) is 9.54. The number of ether oxygens (including phenoxy) is 2. The predicted octanol–water partition coefficient (Wildman–Crippen LogP) is 4.59. The monoisotopic (exact) mass is 552 g/mol. The molecule has 4 N–H and O–H groups in total. The number of benzene rings is 2. The first-order valence-corrected chi connectivity index (χ1v) is 14.8. The van der Waals surface area contributed by atoms with E-state index in [4.69, 9.17) is 15.2 Å². The number of nitrogens with two attached hydrogens (primary N) is 1. The summed E-state index contributed by atoms with van der Waals surface area (Å²) in [5, 5.41) is 6.01. The van der Waals surface area contributed by atoms with Crippen LogP contribution < -0.4 is 25.8 Å². The van der Waals surface area contributed by atoms with Crippen LogP contribution in [0.2, 0.25) is 0 Å². The molecule has 1 saturated carbocycles. The van der Waals surface area contributed by atoms with Crippen LogP contribution in [0.15, 0.2) is 36.4 Å². The van der Waals surface area contributed by atoms with Gasteiger partial charge in [0, 0.05) is 68.8 Å². The van der Waals surface area contributed by atoms with E-state index in [-0.39, 0.29) is 37.0 Å². The Bertz CT molecular complexity index is 1170. The fraction of sp³-hybridized carbons (Fsp3) is 0.548. The third-order valence-corrected chi connectivity index (χ3v) is 8.17. The molecule has 216 valence electrons. The lowest BCUT2D eigenvalue weighted by Gasteiger charge is -2.33. The summed E-state index contributed by atoms with van der Waals surface area (Å²) in [6, 6.07) is 10.2. The molecule has 40 heavy (non-hydrogen) atoms. The maximum atomic E-state index is 14.2. The molecule has 0 bridgehead atoms. The molecule has 8 nitrogen and oxygen atoms in total. The smallest absolute Gasteiger partial charge is 0.253 e. The normalized spacial score (nSPS) is 20.4. The Morgan fingerprint density at radius 3 is 2.50 bits per heavy atom. The Hall–Kier alpha value is -3.17. The minimum absolute atomic E-state index is 0.0280. The van der Waals surface area contributed by atoms with E-state index in [2.05, 4.69) is 16.7 Å². The van der Waals surface area contributed by atoms with E-state index in [1.807, 2.05) is 17.0 Å². The number of nitrogens with one attached hydrogen (secondary N) is 2. The zero-order chi connectivity index (χ0) is 27.9. The average molecular weight is 553 g/mol. The quantitative estimate of drug-likeness (QED) is 0.420. The zero-order valence-corrected chi connectivity index (χ0v) is 23.1. The van der Waals surface area contributed by atoms with Crippen LogP contribution in [0.1, 0.15) is 79.6 Å². The van der Waals surface area contributed by atoms with Gasteiger partial charge in [-0.25, -0.2) is 4.39 Å². The van der Waals surface area contributed by atoms with Gasteiger partial charge in [-0.2, -0.15) is 0 Å². The van der Waals surface area contributed by atoms with Crippen molar-refractivity contribution in [3.63, 3.8) is 0 Å². The van der Waals surface area contributed by atoms with Crippen LogP contribution in [0.3, 0.4) is 0 Å². The van der Waals surface area contributed by atoms with E-state index >= 15 is 0 Å². The van der Waals surface area contributed by atoms with Crippen molar-refractivity contribution in [1.82, 2.24) is 10.2 Å². The van der Waals surface area contributed by atoms with Gasteiger partial charge in [0.25, 0.3) is 5.91 Å². The molecule has 2 aromatic rings. The molecule has 3 aliphatic rings. The van der Waals surface area contributed by atoms with Crippen LogP contribution in [-0.2, 0) is 4.79 Å². The van der Waals surface area contributed by atoms with Gasteiger partial charge in [0.1, 0.15) is 29.5 Å². The van der Waals surface area contributed by atoms with Gasteiger partial charge in [-0.05, 0) is 61.6 Å². The van der Waals surface area contributed by atoms with Crippen LogP contribution in [0.5, 0.6) is 11.5 Å². The number of nitrogens with zero attached hydrogens (tertiary/aromatic N) is 1. The first-order valence-electron chi connectivity index (χ1n) is 14.8. The number of carbonyl (C=O) groups is 2. The molecule has 1 atom stereocenters. The second kappa shape index (κ2) is 13.5. The van der Waals surface area contributed by atoms with Gasteiger partial charge in [0.15, 0.2) is 0 Å². The molecule has 2 aromatic carbocycles. The summed E-state index contributed by atoms with van der Waals surface area (Å²) in [4.78, 5) is 27.3. The van der Waals surface area contributed by atoms with Crippen molar-refractivity contribution in [2.75, 3.05) is 38.0 Å². The molecule has 9 heteroatoms. The molecule has 0 unspecified atom stereocenters. The van der Waals surface area contributed by atoms with E-state index in [0.29, 0.717) is 48.8 Å². The van der Waals surface area contributed by atoms with Gasteiger partial charge in [-0.1, -0.05) is 19.3 Å². The van der Waals surface area contributed by atoms with Crippen molar-refractivity contribution < 1.29 is 23.5 Å². The van der Waals surface area contributed by atoms with Crippen molar-refractivity contribution in [3.8, 4) is 11.5 Å². The highest BCUT2D eigenvalue weighted by Gasteiger charge is 2.28. The topological polar surface area (TPSA) is 106 Å². The summed E-state index contributed by atoms with van der Waals surface area (Å²) in [6.07, 6.45) is 8.46. The summed E-state index contributed by atoms with van der Waals surface area (Å²) in [7, 11) is 0. The number of piperidine rings is 1. The van der Waals surface area contributed by atoms with Crippen molar-refractivity contribution >= 4 is 17.5 Å². The van der Waals surface area contributed by atoms with Crippen LogP contribution >= 0.6 is 0 Å². The second-order valence-electron chi connectivity index (χ2n) is 11.2. The maximum Gasteiger partial charge on any atom is 0.253 e. The molecule has 0 spiro atoms. The van der Waals surface area contributed by atoms with Crippen LogP contribution in [0.4, 0.5) is 10.1 Å². The fourth-order valence-electron chi connectivity index (χ4n) is 6.04. The lowest BCUT2D eigenvalue weighted by Crippen LogP contribution is -2.41. The molecule has 2 amide bonds. The number of amides is 2. The molecule has 2 saturated heterocycles. The molecular weight excluding hydrogens is 511 g/mol. The Labute approximate surface area is 235 Å². The van der Waals surface area contributed by atoms with Gasteiger partial charge in [-0.3, -0.25) is 9.59 Å². The largest absolute Gasteiger partial charge is 0.490 e. The molecular formula is C31H41FN4O4. The SMILES string of the molecule is NCCC(=O)Nc1cc(F)cc(OC2CCN(C(=O)c3ccc(O[C@H]4CCNC4)c(C4CCCCC4)c3)CC2)c1. The van der Waals surface area contributed by atoms with Crippen LogP contribution in [0.25, 0.3) is 0 Å². The number of likely N-dealkylation sites (tertiary alicyclic amines) is 1. The van der Waals surface area contributed by atoms with Gasteiger partial charge >= 0.3 is 0 Å². The Morgan fingerprint density at radius 1 is 0.975 bits per heavy atom. The predicted molar refractivity (Wildman–Crippen MR) is 152 cm³/mol. The first-order chi connectivity index (χ1) is 19.5. The third kappa shape index (κ3) is 7.31. The van der Waals surface area contributed by atoms with Gasteiger partial charge in [0.2, 0.25) is 5.91 Å². The maximum absolute atomic E-state index is 14.2.